The van der Waals surface area contributed by atoms with Crippen LogP contribution < -0.4 is 0 Å². The van der Waals surface area contributed by atoms with Gasteiger partial charge in [0.2, 0.25) is 8.30 Å². The first-order valence-electron chi connectivity index (χ1n) is 2.00. The van der Waals surface area contributed by atoms with Gasteiger partial charge in [0.15, 0.2) is 0 Å². The SMILES string of the molecule is CC(C)P(O)N=O. The average molecular weight is 121 g/mol. The average Bonchev–Trinajstić information content (AvgIpc) is 1.65. The normalized spacial score (nSPS) is 14.3. The Labute approximate surface area is 43.6 Å². The van der Waals surface area contributed by atoms with Crippen molar-refractivity contribution in [2.24, 2.45) is 4.95 Å². The smallest absolute Gasteiger partial charge is 0.201 e. The van der Waals surface area contributed by atoms with Gasteiger partial charge in [-0.05, 0) is 4.95 Å². The lowest BCUT2D eigenvalue weighted by Gasteiger charge is -2.00. The van der Waals surface area contributed by atoms with Gasteiger partial charge in [0, 0.05) is 5.66 Å². The van der Waals surface area contributed by atoms with Gasteiger partial charge in [0.05, 0.1) is 0 Å². The number of hydrogen-bond acceptors (Lipinski definition) is 3. The Morgan fingerprint density at radius 3 is 2.14 bits per heavy atom. The molecule has 0 heterocycles. The lowest BCUT2D eigenvalue weighted by atomic mass is 10.6. The van der Waals surface area contributed by atoms with Gasteiger partial charge in [-0.2, -0.15) is 0 Å². The molecule has 3 nitrogen and oxygen atoms in total. The summed E-state index contributed by atoms with van der Waals surface area (Å²) in [4.78, 5) is 20.5. The molecular formula is C3H8NO2P. The molecule has 0 amide bonds. The Bertz CT molecular complexity index is 66.0. The van der Waals surface area contributed by atoms with Gasteiger partial charge in [-0.15, -0.1) is 4.91 Å². The Balaban J connectivity index is 3.33. The minimum Gasteiger partial charge on any atom is -0.351 e. The number of hydrogen-bond donors (Lipinski definition) is 1. The summed E-state index contributed by atoms with van der Waals surface area (Å²) < 4.78 is 0. The molecule has 1 atom stereocenters. The van der Waals surface area contributed by atoms with Crippen LogP contribution in [0.5, 0.6) is 0 Å². The van der Waals surface area contributed by atoms with Crippen LogP contribution in [-0.4, -0.2) is 10.6 Å². The van der Waals surface area contributed by atoms with Crippen molar-refractivity contribution in [1.82, 2.24) is 0 Å². The molecule has 0 aliphatic carbocycles. The highest BCUT2D eigenvalue weighted by Crippen LogP contribution is 2.36. The van der Waals surface area contributed by atoms with Crippen LogP contribution >= 0.6 is 8.30 Å². The summed E-state index contributed by atoms with van der Waals surface area (Å²) in [6, 6.07) is 0. The van der Waals surface area contributed by atoms with E-state index in [2.05, 4.69) is 4.95 Å². The van der Waals surface area contributed by atoms with Crippen LogP contribution in [0.15, 0.2) is 4.95 Å². The van der Waals surface area contributed by atoms with Crippen LogP contribution in [0.2, 0.25) is 0 Å². The first-order chi connectivity index (χ1) is 3.18. The highest BCUT2D eigenvalue weighted by atomic mass is 31.2. The lowest BCUT2D eigenvalue weighted by molar-refractivity contribution is 0.614. The summed E-state index contributed by atoms with van der Waals surface area (Å²) in [5.41, 5.74) is 0.00694. The van der Waals surface area contributed by atoms with E-state index in [-0.39, 0.29) is 5.66 Å². The van der Waals surface area contributed by atoms with E-state index in [1.165, 1.54) is 0 Å². The molecule has 0 bridgehead atoms. The van der Waals surface area contributed by atoms with Gasteiger partial charge in [-0.25, -0.2) is 0 Å². The van der Waals surface area contributed by atoms with Gasteiger partial charge < -0.3 is 4.89 Å². The summed E-state index contributed by atoms with van der Waals surface area (Å²) in [6.07, 6.45) is 0. The number of rotatable bonds is 2. The van der Waals surface area contributed by atoms with Crippen molar-refractivity contribution in [3.05, 3.63) is 4.91 Å². The zero-order chi connectivity index (χ0) is 5.86. The van der Waals surface area contributed by atoms with Crippen LogP contribution in [0.25, 0.3) is 0 Å². The maximum Gasteiger partial charge on any atom is 0.201 e. The van der Waals surface area contributed by atoms with Crippen LogP contribution in [0, 0.1) is 4.91 Å². The highest BCUT2D eigenvalue weighted by molar-refractivity contribution is 7.50. The molecule has 0 aromatic rings. The quantitative estimate of drug-likeness (QED) is 0.444. The predicted octanol–water partition coefficient (Wildman–Crippen LogP) is 1.47. The zero-order valence-electron chi connectivity index (χ0n) is 4.33. The minimum absolute atomic E-state index is 0.00694. The molecule has 7 heavy (non-hydrogen) atoms. The standard InChI is InChI=1S/C3H8NO2P/c1-3(2)7(6)4-5/h3,6H,1-2H3. The largest absolute Gasteiger partial charge is 0.351 e. The fourth-order valence-electron chi connectivity index (χ4n) is 0.0943. The Kier molecular flexibility index (Phi) is 3.05. The molecule has 4 heteroatoms. The van der Waals surface area contributed by atoms with Crippen molar-refractivity contribution in [1.29, 1.82) is 0 Å². The lowest BCUT2D eigenvalue weighted by Crippen LogP contribution is -1.86. The van der Waals surface area contributed by atoms with E-state index < -0.39 is 8.30 Å². The summed E-state index contributed by atoms with van der Waals surface area (Å²) in [5.74, 6) is 0. The van der Waals surface area contributed by atoms with Gasteiger partial charge in [0.25, 0.3) is 0 Å². The third-order valence-electron chi connectivity index (χ3n) is 0.546. The van der Waals surface area contributed by atoms with E-state index in [0.717, 1.165) is 0 Å². The molecular weight excluding hydrogens is 113 g/mol. The van der Waals surface area contributed by atoms with E-state index in [0.29, 0.717) is 0 Å². The summed E-state index contributed by atoms with van der Waals surface area (Å²) in [6.45, 7) is 3.51. The monoisotopic (exact) mass is 121 g/mol. The van der Waals surface area contributed by atoms with E-state index in [4.69, 9.17) is 4.89 Å². The number of nitrogens with zero attached hydrogens (tertiary/aromatic N) is 1. The molecule has 0 aliphatic rings. The first-order valence-corrected chi connectivity index (χ1v) is 3.31. The van der Waals surface area contributed by atoms with Gasteiger partial charge >= 0.3 is 0 Å². The highest BCUT2D eigenvalue weighted by Gasteiger charge is 2.07. The summed E-state index contributed by atoms with van der Waals surface area (Å²) in [5, 5.41) is 0. The predicted molar refractivity (Wildman–Crippen MR) is 30.1 cm³/mol. The van der Waals surface area contributed by atoms with Crippen molar-refractivity contribution in [3.63, 3.8) is 0 Å². The zero-order valence-corrected chi connectivity index (χ0v) is 5.22. The fourth-order valence-corrected chi connectivity index (χ4v) is 0.283. The van der Waals surface area contributed by atoms with E-state index in [9.17, 15) is 4.91 Å². The van der Waals surface area contributed by atoms with E-state index >= 15 is 0 Å². The molecule has 42 valence electrons. The van der Waals surface area contributed by atoms with Gasteiger partial charge in [-0.1, -0.05) is 13.8 Å². The van der Waals surface area contributed by atoms with Gasteiger partial charge in [-0.3, -0.25) is 0 Å². The molecule has 0 saturated heterocycles. The minimum atomic E-state index is -1.57. The van der Waals surface area contributed by atoms with Crippen LogP contribution in [0.1, 0.15) is 13.8 Å². The third kappa shape index (κ3) is 2.66. The molecule has 0 aliphatic heterocycles. The molecule has 0 aromatic heterocycles. The Morgan fingerprint density at radius 2 is 2.14 bits per heavy atom. The van der Waals surface area contributed by atoms with Crippen LogP contribution in [-0.2, 0) is 0 Å². The van der Waals surface area contributed by atoms with Crippen molar-refractivity contribution in [3.8, 4) is 0 Å². The van der Waals surface area contributed by atoms with Crippen LogP contribution in [0.3, 0.4) is 0 Å². The van der Waals surface area contributed by atoms with Gasteiger partial charge in [0.1, 0.15) is 0 Å². The molecule has 0 radical (unpaired) electrons. The Morgan fingerprint density at radius 1 is 1.71 bits per heavy atom. The fraction of sp³-hybridized carbons (Fsp3) is 1.00. The maximum absolute atomic E-state index is 9.48. The molecule has 0 fully saturated rings. The van der Waals surface area contributed by atoms with E-state index in [1.807, 2.05) is 0 Å². The second-order valence-electron chi connectivity index (χ2n) is 1.50. The molecule has 0 spiro atoms. The first kappa shape index (κ1) is 6.99. The Hall–Kier alpha value is -0.0100. The summed E-state index contributed by atoms with van der Waals surface area (Å²) >= 11 is 0. The number of nitroso groups, excluding NO2 is 1. The molecule has 0 saturated carbocycles. The van der Waals surface area contributed by atoms with Crippen LogP contribution in [0.4, 0.5) is 0 Å². The van der Waals surface area contributed by atoms with E-state index in [1.54, 1.807) is 13.8 Å². The second kappa shape index (κ2) is 3.05. The molecule has 0 aromatic carbocycles. The van der Waals surface area contributed by atoms with Crippen molar-refractivity contribution < 1.29 is 4.89 Å². The molecule has 0 rings (SSSR count). The maximum atomic E-state index is 9.48. The third-order valence-corrected chi connectivity index (χ3v) is 1.64. The topological polar surface area (TPSA) is 49.7 Å². The molecule has 1 N–H and O–H groups in total. The van der Waals surface area contributed by atoms with Crippen molar-refractivity contribution in [2.45, 2.75) is 19.5 Å². The van der Waals surface area contributed by atoms with Crippen molar-refractivity contribution in [2.75, 3.05) is 0 Å². The molecule has 1 unspecified atom stereocenters. The summed E-state index contributed by atoms with van der Waals surface area (Å²) in [7, 11) is -1.57. The second-order valence-corrected chi connectivity index (χ2v) is 3.33. The van der Waals surface area contributed by atoms with Crippen molar-refractivity contribution >= 4 is 8.30 Å².